The Bertz CT molecular complexity index is 489. The summed E-state index contributed by atoms with van der Waals surface area (Å²) < 4.78 is 0. The highest BCUT2D eigenvalue weighted by atomic mass is 32.1. The van der Waals surface area contributed by atoms with Gasteiger partial charge in [-0.15, -0.1) is 11.3 Å². The van der Waals surface area contributed by atoms with Gasteiger partial charge in [0.2, 0.25) is 0 Å². The summed E-state index contributed by atoms with van der Waals surface area (Å²) in [5.41, 5.74) is 0. The van der Waals surface area contributed by atoms with E-state index in [9.17, 15) is 14.4 Å². The van der Waals surface area contributed by atoms with E-state index in [-0.39, 0.29) is 18.9 Å². The highest BCUT2D eigenvalue weighted by Gasteiger charge is 2.21. The molecule has 1 heterocycles. The van der Waals surface area contributed by atoms with Crippen LogP contribution in [0.25, 0.3) is 0 Å². The number of carboxylic acid groups (broad SMARTS) is 2. The van der Waals surface area contributed by atoms with Crippen molar-refractivity contribution in [2.24, 2.45) is 0 Å². The predicted octanol–water partition coefficient (Wildman–Crippen LogP) is 1.30. The fourth-order valence-electron chi connectivity index (χ4n) is 1.73. The molecule has 0 aliphatic heterocycles. The molecular formula is C13H18N2O5S. The van der Waals surface area contributed by atoms with Gasteiger partial charge in [-0.25, -0.2) is 9.59 Å². The maximum Gasteiger partial charge on any atom is 0.326 e. The van der Waals surface area contributed by atoms with E-state index in [1.54, 1.807) is 11.3 Å². The minimum absolute atomic E-state index is 0.155. The third-order valence-corrected chi connectivity index (χ3v) is 3.61. The van der Waals surface area contributed by atoms with Crippen LogP contribution in [0.4, 0.5) is 4.79 Å². The van der Waals surface area contributed by atoms with Crippen molar-refractivity contribution in [3.8, 4) is 0 Å². The third kappa shape index (κ3) is 6.75. The molecule has 0 saturated heterocycles. The molecule has 8 heteroatoms. The summed E-state index contributed by atoms with van der Waals surface area (Å²) in [5.74, 6) is -2.35. The first kappa shape index (κ1) is 17.0. The summed E-state index contributed by atoms with van der Waals surface area (Å²) in [7, 11) is 0. The summed E-state index contributed by atoms with van der Waals surface area (Å²) >= 11 is 1.58. The summed E-state index contributed by atoms with van der Waals surface area (Å²) in [6.45, 7) is 1.81. The summed E-state index contributed by atoms with van der Waals surface area (Å²) in [4.78, 5) is 34.2. The smallest absolute Gasteiger partial charge is 0.326 e. The number of hydrogen-bond donors (Lipinski definition) is 4. The monoisotopic (exact) mass is 314 g/mol. The molecule has 0 fully saturated rings. The summed E-state index contributed by atoms with van der Waals surface area (Å²) in [6.07, 6.45) is 0.178. The van der Waals surface area contributed by atoms with Gasteiger partial charge in [-0.05, 0) is 24.8 Å². The first-order valence-corrected chi connectivity index (χ1v) is 7.30. The zero-order valence-electron chi connectivity index (χ0n) is 11.5. The lowest BCUT2D eigenvalue weighted by Crippen LogP contribution is -2.48. The van der Waals surface area contributed by atoms with Gasteiger partial charge < -0.3 is 20.8 Å². The quantitative estimate of drug-likeness (QED) is 0.577. The minimum atomic E-state index is -1.25. The van der Waals surface area contributed by atoms with Gasteiger partial charge in [0.15, 0.2) is 0 Å². The van der Waals surface area contributed by atoms with Crippen molar-refractivity contribution in [3.05, 3.63) is 22.4 Å². The third-order valence-electron chi connectivity index (χ3n) is 2.72. The first-order chi connectivity index (χ1) is 9.88. The van der Waals surface area contributed by atoms with Crippen molar-refractivity contribution in [1.82, 2.24) is 10.6 Å². The van der Waals surface area contributed by atoms with Crippen LogP contribution in [-0.4, -0.2) is 40.3 Å². The number of nitrogens with one attached hydrogen (secondary N) is 2. The number of carbonyl (C=O) groups is 3. The average Bonchev–Trinajstić information content (AvgIpc) is 2.86. The number of carbonyl (C=O) groups excluding carboxylic acids is 1. The molecule has 0 aliphatic carbocycles. The Kier molecular flexibility index (Phi) is 6.67. The van der Waals surface area contributed by atoms with Crippen LogP contribution in [0, 0.1) is 0 Å². The van der Waals surface area contributed by atoms with E-state index in [1.807, 2.05) is 24.4 Å². The van der Waals surface area contributed by atoms with Crippen LogP contribution in [-0.2, 0) is 16.0 Å². The van der Waals surface area contributed by atoms with Crippen LogP contribution in [0.1, 0.15) is 24.6 Å². The van der Waals surface area contributed by atoms with Crippen LogP contribution in [0.3, 0.4) is 0 Å². The second kappa shape index (κ2) is 8.25. The van der Waals surface area contributed by atoms with Gasteiger partial charge in [-0.1, -0.05) is 6.07 Å². The van der Waals surface area contributed by atoms with Crippen LogP contribution >= 0.6 is 11.3 Å². The van der Waals surface area contributed by atoms with E-state index in [0.29, 0.717) is 6.42 Å². The van der Waals surface area contributed by atoms with Gasteiger partial charge >= 0.3 is 18.0 Å². The Balaban J connectivity index is 2.42. The van der Waals surface area contributed by atoms with Gasteiger partial charge in [0, 0.05) is 23.8 Å². The van der Waals surface area contributed by atoms with Crippen molar-refractivity contribution < 1.29 is 24.6 Å². The van der Waals surface area contributed by atoms with Gasteiger partial charge in [-0.2, -0.15) is 0 Å². The second-order valence-corrected chi connectivity index (χ2v) is 5.66. The number of thiophene rings is 1. The normalized spacial score (nSPS) is 13.2. The molecule has 1 rings (SSSR count). The minimum Gasteiger partial charge on any atom is -0.481 e. The lowest BCUT2D eigenvalue weighted by atomic mass is 10.1. The molecule has 21 heavy (non-hydrogen) atoms. The molecule has 1 aromatic heterocycles. The fraction of sp³-hybridized carbons (Fsp3) is 0.462. The Morgan fingerprint density at radius 3 is 2.52 bits per heavy atom. The Morgan fingerprint density at radius 2 is 2.00 bits per heavy atom. The fourth-order valence-corrected chi connectivity index (χ4v) is 2.57. The lowest BCUT2D eigenvalue weighted by molar-refractivity contribution is -0.140. The number of urea groups is 1. The number of rotatable bonds is 8. The number of hydrogen-bond acceptors (Lipinski definition) is 4. The molecule has 2 unspecified atom stereocenters. The molecule has 0 spiro atoms. The molecule has 0 radical (unpaired) electrons. The van der Waals surface area contributed by atoms with Crippen molar-refractivity contribution in [1.29, 1.82) is 0 Å². The van der Waals surface area contributed by atoms with Gasteiger partial charge in [0.05, 0.1) is 0 Å². The Morgan fingerprint density at radius 1 is 1.29 bits per heavy atom. The first-order valence-electron chi connectivity index (χ1n) is 6.42. The van der Waals surface area contributed by atoms with Crippen LogP contribution in [0.5, 0.6) is 0 Å². The average molecular weight is 314 g/mol. The van der Waals surface area contributed by atoms with Gasteiger partial charge in [-0.3, -0.25) is 4.79 Å². The Hall–Kier alpha value is -2.09. The van der Waals surface area contributed by atoms with E-state index in [4.69, 9.17) is 10.2 Å². The number of carboxylic acids is 2. The number of aliphatic carboxylic acids is 2. The molecule has 0 bridgehead atoms. The van der Waals surface area contributed by atoms with Crippen LogP contribution in [0.15, 0.2) is 17.5 Å². The van der Waals surface area contributed by atoms with E-state index >= 15 is 0 Å². The van der Waals surface area contributed by atoms with E-state index < -0.39 is 24.0 Å². The molecule has 7 nitrogen and oxygen atoms in total. The predicted molar refractivity (Wildman–Crippen MR) is 77.4 cm³/mol. The largest absolute Gasteiger partial charge is 0.481 e. The second-order valence-electron chi connectivity index (χ2n) is 4.63. The molecule has 2 atom stereocenters. The van der Waals surface area contributed by atoms with Crippen molar-refractivity contribution in [3.63, 3.8) is 0 Å². The van der Waals surface area contributed by atoms with Crippen molar-refractivity contribution >= 4 is 29.3 Å². The maximum absolute atomic E-state index is 11.7. The molecule has 0 aromatic carbocycles. The maximum atomic E-state index is 11.7. The zero-order chi connectivity index (χ0) is 15.8. The molecule has 0 aliphatic rings. The summed E-state index contributed by atoms with van der Waals surface area (Å²) in [6, 6.07) is 1.89. The molecule has 2 amide bonds. The zero-order valence-corrected chi connectivity index (χ0v) is 12.4. The van der Waals surface area contributed by atoms with E-state index in [2.05, 4.69) is 10.6 Å². The highest BCUT2D eigenvalue weighted by Crippen LogP contribution is 2.10. The summed E-state index contributed by atoms with van der Waals surface area (Å²) in [5, 5.41) is 24.3. The van der Waals surface area contributed by atoms with Crippen LogP contribution in [0.2, 0.25) is 0 Å². The lowest BCUT2D eigenvalue weighted by Gasteiger charge is -2.17. The van der Waals surface area contributed by atoms with E-state index in [1.165, 1.54) is 0 Å². The molecular weight excluding hydrogens is 296 g/mol. The Labute approximate surface area is 126 Å². The van der Waals surface area contributed by atoms with Gasteiger partial charge in [0.25, 0.3) is 0 Å². The topological polar surface area (TPSA) is 116 Å². The standard InChI is InChI=1S/C13H18N2O5S/c1-8(7-9-3-2-6-21-9)14-13(20)15-10(12(18)19)4-5-11(16)17/h2-3,6,8,10H,4-5,7H2,1H3,(H,16,17)(H,18,19)(H2,14,15,20). The van der Waals surface area contributed by atoms with Crippen LogP contribution < -0.4 is 10.6 Å². The highest BCUT2D eigenvalue weighted by molar-refractivity contribution is 7.09. The van der Waals surface area contributed by atoms with E-state index in [0.717, 1.165) is 4.88 Å². The van der Waals surface area contributed by atoms with Gasteiger partial charge in [0.1, 0.15) is 6.04 Å². The van der Waals surface area contributed by atoms with Crippen molar-refractivity contribution in [2.75, 3.05) is 0 Å². The molecule has 0 saturated carbocycles. The molecule has 1 aromatic rings. The SMILES string of the molecule is CC(Cc1cccs1)NC(=O)NC(CCC(=O)O)C(=O)O. The number of amides is 2. The molecule has 4 N–H and O–H groups in total. The molecule has 116 valence electrons. The van der Waals surface area contributed by atoms with Crippen molar-refractivity contribution in [2.45, 2.75) is 38.3 Å².